The molecule has 0 heterocycles. The summed E-state index contributed by atoms with van der Waals surface area (Å²) < 4.78 is 26.9. The monoisotopic (exact) mass is 254 g/mol. The van der Waals surface area contributed by atoms with Gasteiger partial charge in [-0.2, -0.15) is 5.26 Å². The molecule has 0 aliphatic heterocycles. The number of nitrogens with zero attached hydrogens (tertiary/aromatic N) is 1. The van der Waals surface area contributed by atoms with E-state index in [0.717, 1.165) is 18.6 Å². The van der Waals surface area contributed by atoms with Crippen molar-refractivity contribution < 1.29 is 13.9 Å². The van der Waals surface area contributed by atoms with Crippen LogP contribution in [0, 0.1) is 28.9 Å². The van der Waals surface area contributed by atoms with Gasteiger partial charge >= 0.3 is 0 Å². The Kier molecular flexibility index (Phi) is 5.53. The maximum absolute atomic E-state index is 13.5. The fourth-order valence-corrected chi connectivity index (χ4v) is 1.56. The molecule has 0 radical (unpaired) electrons. The molecule has 0 aliphatic carbocycles. The van der Waals surface area contributed by atoms with Crippen molar-refractivity contribution in [1.29, 1.82) is 5.26 Å². The van der Waals surface area contributed by atoms with Gasteiger partial charge in [-0.05, 0) is 30.9 Å². The molecule has 98 valence electrons. The Bertz CT molecular complexity index is 420. The maximum atomic E-state index is 13.5. The van der Waals surface area contributed by atoms with Gasteiger partial charge in [0.15, 0.2) is 11.6 Å². The Balaban J connectivity index is 2.55. The van der Waals surface area contributed by atoms with E-state index in [0.29, 0.717) is 13.0 Å². The third-order valence-corrected chi connectivity index (χ3v) is 2.66. The van der Waals surface area contributed by atoms with Gasteiger partial charge in [0.1, 0.15) is 5.69 Å². The first-order valence-electron chi connectivity index (χ1n) is 5.82. The van der Waals surface area contributed by atoms with Crippen LogP contribution >= 0.6 is 0 Å². The zero-order valence-electron chi connectivity index (χ0n) is 10.2. The summed E-state index contributed by atoms with van der Waals surface area (Å²) in [5, 5.41) is 20.0. The van der Waals surface area contributed by atoms with E-state index >= 15 is 0 Å². The molecule has 3 nitrogen and oxygen atoms in total. The highest BCUT2D eigenvalue weighted by molar-refractivity contribution is 5.50. The number of anilines is 1. The lowest BCUT2D eigenvalue weighted by Gasteiger charge is -2.11. The molecule has 0 aromatic heterocycles. The zero-order chi connectivity index (χ0) is 13.5. The molecule has 0 amide bonds. The summed E-state index contributed by atoms with van der Waals surface area (Å²) in [5.41, 5.74) is -0.241. The van der Waals surface area contributed by atoms with Crippen molar-refractivity contribution in [2.24, 2.45) is 5.92 Å². The highest BCUT2D eigenvalue weighted by atomic mass is 19.1. The maximum Gasteiger partial charge on any atom is 0.150 e. The molecule has 18 heavy (non-hydrogen) atoms. The van der Waals surface area contributed by atoms with Crippen LogP contribution in [0.5, 0.6) is 0 Å². The summed E-state index contributed by atoms with van der Waals surface area (Å²) in [7, 11) is 0. The van der Waals surface area contributed by atoms with Gasteiger partial charge in [0.25, 0.3) is 0 Å². The lowest BCUT2D eigenvalue weighted by Crippen LogP contribution is -2.09. The molecule has 0 bridgehead atoms. The van der Waals surface area contributed by atoms with Crippen LogP contribution in [0.3, 0.4) is 0 Å². The third kappa shape index (κ3) is 3.97. The minimum atomic E-state index is -0.762. The summed E-state index contributed by atoms with van der Waals surface area (Å²) in [5.74, 6) is -1.34. The Morgan fingerprint density at radius 1 is 1.39 bits per heavy atom. The van der Waals surface area contributed by atoms with Crippen molar-refractivity contribution in [3.05, 3.63) is 29.3 Å². The topological polar surface area (TPSA) is 56.0 Å². The highest BCUT2D eigenvalue weighted by Gasteiger charge is 2.10. The number of benzene rings is 1. The molecule has 0 aliphatic rings. The van der Waals surface area contributed by atoms with Crippen LogP contribution in [0.4, 0.5) is 14.5 Å². The fraction of sp³-hybridized carbons (Fsp3) is 0.462. The summed E-state index contributed by atoms with van der Waals surface area (Å²) in [4.78, 5) is 0. The van der Waals surface area contributed by atoms with Crippen LogP contribution in [-0.2, 0) is 0 Å². The molecule has 1 aromatic rings. The van der Waals surface area contributed by atoms with Crippen molar-refractivity contribution in [2.45, 2.75) is 19.8 Å². The molecule has 1 aromatic carbocycles. The SMILES string of the molecule is CC(CO)CCCNc1c(F)cc(C#N)cc1F. The molecule has 0 saturated heterocycles. The fourth-order valence-electron chi connectivity index (χ4n) is 1.56. The first-order chi connectivity index (χ1) is 8.58. The lowest BCUT2D eigenvalue weighted by atomic mass is 10.1. The zero-order valence-corrected chi connectivity index (χ0v) is 10.2. The number of nitriles is 1. The minimum absolute atomic E-state index is 0.0375. The second-order valence-corrected chi connectivity index (χ2v) is 4.28. The highest BCUT2D eigenvalue weighted by Crippen LogP contribution is 2.20. The number of hydrogen-bond acceptors (Lipinski definition) is 3. The minimum Gasteiger partial charge on any atom is -0.396 e. The van der Waals surface area contributed by atoms with Crippen LogP contribution in [0.25, 0.3) is 0 Å². The predicted molar refractivity (Wildman–Crippen MR) is 65.0 cm³/mol. The van der Waals surface area contributed by atoms with E-state index in [1.54, 1.807) is 6.07 Å². The molecule has 0 spiro atoms. The quantitative estimate of drug-likeness (QED) is 0.767. The lowest BCUT2D eigenvalue weighted by molar-refractivity contribution is 0.229. The van der Waals surface area contributed by atoms with Gasteiger partial charge in [-0.3, -0.25) is 0 Å². The number of aliphatic hydroxyl groups is 1. The van der Waals surface area contributed by atoms with E-state index < -0.39 is 11.6 Å². The van der Waals surface area contributed by atoms with E-state index in [1.807, 2.05) is 6.92 Å². The average Bonchev–Trinajstić information content (AvgIpc) is 2.36. The summed E-state index contributed by atoms with van der Waals surface area (Å²) >= 11 is 0. The standard InChI is InChI=1S/C13H16F2N2O/c1-9(8-18)3-2-4-17-13-11(14)5-10(7-16)6-12(13)15/h5-6,9,17-18H,2-4,8H2,1H3. The second kappa shape index (κ2) is 6.92. The van der Waals surface area contributed by atoms with Crippen molar-refractivity contribution >= 4 is 5.69 Å². The van der Waals surface area contributed by atoms with E-state index in [-0.39, 0.29) is 23.8 Å². The molecule has 0 saturated carbocycles. The van der Waals surface area contributed by atoms with E-state index in [4.69, 9.17) is 10.4 Å². The van der Waals surface area contributed by atoms with Gasteiger partial charge < -0.3 is 10.4 Å². The smallest absolute Gasteiger partial charge is 0.150 e. The Labute approximate surface area is 105 Å². The molecule has 1 unspecified atom stereocenters. The third-order valence-electron chi connectivity index (χ3n) is 2.66. The Morgan fingerprint density at radius 2 is 2.00 bits per heavy atom. The molecule has 0 fully saturated rings. The predicted octanol–water partition coefficient (Wildman–Crippen LogP) is 2.66. The van der Waals surface area contributed by atoms with Crippen molar-refractivity contribution in [3.63, 3.8) is 0 Å². The molecule has 2 N–H and O–H groups in total. The van der Waals surface area contributed by atoms with Crippen molar-refractivity contribution in [3.8, 4) is 6.07 Å². The second-order valence-electron chi connectivity index (χ2n) is 4.28. The van der Waals surface area contributed by atoms with Crippen LogP contribution in [-0.4, -0.2) is 18.3 Å². The summed E-state index contributed by atoms with van der Waals surface area (Å²) in [6.45, 7) is 2.44. The van der Waals surface area contributed by atoms with Crippen molar-refractivity contribution in [1.82, 2.24) is 0 Å². The normalized spacial score (nSPS) is 11.9. The van der Waals surface area contributed by atoms with Gasteiger partial charge in [0.2, 0.25) is 0 Å². The number of rotatable bonds is 6. The van der Waals surface area contributed by atoms with Crippen LogP contribution < -0.4 is 5.32 Å². The largest absolute Gasteiger partial charge is 0.396 e. The van der Waals surface area contributed by atoms with E-state index in [1.165, 1.54) is 0 Å². The molecular formula is C13H16F2N2O. The molecule has 5 heteroatoms. The van der Waals surface area contributed by atoms with Gasteiger partial charge in [0.05, 0.1) is 11.6 Å². The van der Waals surface area contributed by atoms with Gasteiger partial charge in [-0.15, -0.1) is 0 Å². The number of nitrogens with one attached hydrogen (secondary N) is 1. The van der Waals surface area contributed by atoms with Crippen LogP contribution in [0.2, 0.25) is 0 Å². The van der Waals surface area contributed by atoms with Gasteiger partial charge in [0, 0.05) is 13.2 Å². The number of halogens is 2. The van der Waals surface area contributed by atoms with E-state index in [9.17, 15) is 8.78 Å². The van der Waals surface area contributed by atoms with Gasteiger partial charge in [-0.1, -0.05) is 6.92 Å². The van der Waals surface area contributed by atoms with Gasteiger partial charge in [-0.25, -0.2) is 8.78 Å². The number of aliphatic hydroxyl groups excluding tert-OH is 1. The first-order valence-corrected chi connectivity index (χ1v) is 5.82. The summed E-state index contributed by atoms with van der Waals surface area (Å²) in [6.07, 6.45) is 1.49. The van der Waals surface area contributed by atoms with Crippen LogP contribution in [0.1, 0.15) is 25.3 Å². The molecule has 1 rings (SSSR count). The Morgan fingerprint density at radius 3 is 2.50 bits per heavy atom. The van der Waals surface area contributed by atoms with E-state index in [2.05, 4.69) is 5.32 Å². The number of hydrogen-bond donors (Lipinski definition) is 2. The Hall–Kier alpha value is -1.67. The summed E-state index contributed by atoms with van der Waals surface area (Å²) in [6, 6.07) is 3.69. The average molecular weight is 254 g/mol. The van der Waals surface area contributed by atoms with Crippen molar-refractivity contribution in [2.75, 3.05) is 18.5 Å². The first kappa shape index (κ1) is 14.4. The molecular weight excluding hydrogens is 238 g/mol. The molecule has 1 atom stereocenters. The van der Waals surface area contributed by atoms with Crippen LogP contribution in [0.15, 0.2) is 12.1 Å².